The molecule has 1 aromatic carbocycles. The van der Waals surface area contributed by atoms with Crippen molar-refractivity contribution < 1.29 is 13.3 Å². The van der Waals surface area contributed by atoms with Gasteiger partial charge in [-0.15, -0.1) is 0 Å². The first-order valence-corrected chi connectivity index (χ1v) is 8.27. The Kier molecular flexibility index (Phi) is 4.15. The highest BCUT2D eigenvalue weighted by molar-refractivity contribution is 5.95. The van der Waals surface area contributed by atoms with Crippen molar-refractivity contribution in [2.75, 3.05) is 0 Å². The Morgan fingerprint density at radius 3 is 1.67 bits per heavy atom. The summed E-state index contributed by atoms with van der Waals surface area (Å²) in [5, 5.41) is 7.45. The summed E-state index contributed by atoms with van der Waals surface area (Å²) in [6.07, 6.45) is -0.671. The van der Waals surface area contributed by atoms with Crippen molar-refractivity contribution in [3.8, 4) is 34.4 Å². The van der Waals surface area contributed by atoms with Crippen LogP contribution in [0.3, 0.4) is 0 Å². The van der Waals surface area contributed by atoms with Crippen LogP contribution in [0, 0.1) is 5.41 Å². The minimum absolute atomic E-state index is 0.0291. The first-order chi connectivity index (χ1) is 13.0. The van der Waals surface area contributed by atoms with Crippen LogP contribution in [0.25, 0.3) is 34.4 Å². The molecule has 3 heterocycles. The molecule has 0 aliphatic heterocycles. The lowest BCUT2D eigenvalue weighted by Crippen LogP contribution is -2.18. The predicted molar refractivity (Wildman–Crippen MR) is 102 cm³/mol. The Bertz CT molecular complexity index is 1090. The van der Waals surface area contributed by atoms with Gasteiger partial charge in [0.1, 0.15) is 23.5 Å². The normalized spacial score (nSPS) is 11.2. The van der Waals surface area contributed by atoms with Crippen LogP contribution in [-0.2, 0) is 0 Å². The van der Waals surface area contributed by atoms with E-state index in [9.17, 15) is 0 Å². The second kappa shape index (κ2) is 6.64. The zero-order valence-electron chi connectivity index (χ0n) is 14.3. The van der Waals surface area contributed by atoms with Gasteiger partial charge in [-0.05, 0) is 36.4 Å². The molecular weight excluding hydrogens is 344 g/mol. The van der Waals surface area contributed by atoms with E-state index in [-0.39, 0.29) is 5.84 Å². The number of nitrogen functional groups attached to an aromatic ring is 1. The summed E-state index contributed by atoms with van der Waals surface area (Å²) in [6.45, 7) is 0. The van der Waals surface area contributed by atoms with Gasteiger partial charge in [0.25, 0.3) is 0 Å². The average molecular weight is 362 g/mol. The van der Waals surface area contributed by atoms with E-state index < -0.39 is 6.17 Å². The number of benzene rings is 1. The van der Waals surface area contributed by atoms with E-state index >= 15 is 0 Å². The molecule has 0 aliphatic carbocycles. The monoisotopic (exact) mass is 362 g/mol. The van der Waals surface area contributed by atoms with E-state index in [1.165, 1.54) is 0 Å². The molecular formula is C20H18N4O3. The molecule has 4 aromatic rings. The highest BCUT2D eigenvalue weighted by Crippen LogP contribution is 2.33. The molecule has 0 radical (unpaired) electrons. The molecule has 7 nitrogen and oxygen atoms in total. The Morgan fingerprint density at radius 2 is 1.15 bits per heavy atom. The number of amidine groups is 1. The topological polar surface area (TPSA) is 141 Å². The van der Waals surface area contributed by atoms with Crippen molar-refractivity contribution in [1.82, 2.24) is 0 Å². The van der Waals surface area contributed by atoms with Crippen LogP contribution in [0.5, 0.6) is 0 Å². The number of rotatable bonds is 5. The van der Waals surface area contributed by atoms with Crippen LogP contribution in [0.2, 0.25) is 0 Å². The minimum Gasteiger partial charge on any atom is -0.455 e. The molecule has 7 heteroatoms. The molecule has 0 aliphatic rings. The number of furan rings is 3. The maximum absolute atomic E-state index is 7.45. The molecule has 0 unspecified atom stereocenters. The molecule has 0 saturated heterocycles. The maximum atomic E-state index is 7.45. The lowest BCUT2D eigenvalue weighted by Gasteiger charge is -2.00. The molecule has 0 spiro atoms. The van der Waals surface area contributed by atoms with Crippen molar-refractivity contribution in [1.29, 1.82) is 5.41 Å². The molecule has 0 atom stereocenters. The molecule has 0 fully saturated rings. The van der Waals surface area contributed by atoms with E-state index in [1.54, 1.807) is 36.4 Å². The van der Waals surface area contributed by atoms with Gasteiger partial charge in [-0.25, -0.2) is 0 Å². The molecule has 3 aromatic heterocycles. The Morgan fingerprint density at radius 1 is 0.667 bits per heavy atom. The minimum atomic E-state index is -0.671. The third kappa shape index (κ3) is 3.29. The summed E-state index contributed by atoms with van der Waals surface area (Å²) in [5.74, 6) is 3.47. The molecule has 0 amide bonds. The maximum Gasteiger partial charge on any atom is 0.170 e. The van der Waals surface area contributed by atoms with Gasteiger partial charge >= 0.3 is 0 Å². The zero-order valence-corrected chi connectivity index (χ0v) is 14.3. The lowest BCUT2D eigenvalue weighted by atomic mass is 10.1. The lowest BCUT2D eigenvalue weighted by molar-refractivity contribution is 0.463. The van der Waals surface area contributed by atoms with E-state index in [4.69, 9.17) is 35.9 Å². The van der Waals surface area contributed by atoms with Crippen LogP contribution < -0.4 is 17.2 Å². The Balaban J connectivity index is 1.58. The van der Waals surface area contributed by atoms with E-state index in [0.717, 1.165) is 5.56 Å². The highest BCUT2D eigenvalue weighted by Gasteiger charge is 2.15. The standard InChI is InChI=1S/C20H18N4O3/c21-19(22)12-3-1-11(2-4-12)13-5-6-14(25-13)15-7-8-16(26-15)17-9-10-18(27-17)20(23)24/h1-10,20H,23-24H2,(H3,21,22). The first-order valence-electron chi connectivity index (χ1n) is 8.27. The van der Waals surface area contributed by atoms with Gasteiger partial charge in [0.2, 0.25) is 0 Å². The second-order valence-electron chi connectivity index (χ2n) is 6.05. The fourth-order valence-corrected chi connectivity index (χ4v) is 2.71. The smallest absolute Gasteiger partial charge is 0.170 e. The van der Waals surface area contributed by atoms with Crippen molar-refractivity contribution >= 4 is 5.84 Å². The van der Waals surface area contributed by atoms with E-state index in [1.807, 2.05) is 24.3 Å². The van der Waals surface area contributed by atoms with Crippen LogP contribution in [0.1, 0.15) is 17.5 Å². The fraction of sp³-hybridized carbons (Fsp3) is 0.0500. The van der Waals surface area contributed by atoms with Gasteiger partial charge in [-0.2, -0.15) is 0 Å². The van der Waals surface area contributed by atoms with Gasteiger partial charge in [-0.1, -0.05) is 24.3 Å². The summed E-state index contributed by atoms with van der Waals surface area (Å²) in [4.78, 5) is 0. The number of nitrogens with two attached hydrogens (primary N) is 3. The number of hydrogen-bond acceptors (Lipinski definition) is 6. The van der Waals surface area contributed by atoms with Crippen molar-refractivity contribution in [3.63, 3.8) is 0 Å². The molecule has 7 N–H and O–H groups in total. The summed E-state index contributed by atoms with van der Waals surface area (Å²) < 4.78 is 17.3. The SMILES string of the molecule is N=C(N)c1ccc(-c2ccc(-c3ccc(-c4ccc(C(N)N)o4)o3)o2)cc1. The second-order valence-corrected chi connectivity index (χ2v) is 6.05. The van der Waals surface area contributed by atoms with E-state index in [2.05, 4.69) is 0 Å². The third-order valence-electron chi connectivity index (χ3n) is 4.13. The van der Waals surface area contributed by atoms with Gasteiger partial charge < -0.3 is 30.5 Å². The molecule has 27 heavy (non-hydrogen) atoms. The van der Waals surface area contributed by atoms with Gasteiger partial charge in [0.05, 0.1) is 0 Å². The zero-order chi connectivity index (χ0) is 19.0. The molecule has 0 bridgehead atoms. The quantitative estimate of drug-likeness (QED) is 0.242. The highest BCUT2D eigenvalue weighted by atomic mass is 16.4. The average Bonchev–Trinajstić information content (AvgIpc) is 3.40. The molecule has 136 valence electrons. The largest absolute Gasteiger partial charge is 0.455 e. The van der Waals surface area contributed by atoms with Crippen molar-refractivity contribution in [3.05, 3.63) is 72.0 Å². The van der Waals surface area contributed by atoms with Crippen LogP contribution in [0.4, 0.5) is 0 Å². The van der Waals surface area contributed by atoms with Crippen LogP contribution in [-0.4, -0.2) is 5.84 Å². The molecule has 0 saturated carbocycles. The molecule has 4 rings (SSSR count). The van der Waals surface area contributed by atoms with Crippen molar-refractivity contribution in [2.45, 2.75) is 6.17 Å². The van der Waals surface area contributed by atoms with Gasteiger partial charge in [0.15, 0.2) is 23.0 Å². The number of hydrogen-bond donors (Lipinski definition) is 4. The van der Waals surface area contributed by atoms with Crippen LogP contribution >= 0.6 is 0 Å². The summed E-state index contributed by atoms with van der Waals surface area (Å²) in [7, 11) is 0. The third-order valence-corrected chi connectivity index (χ3v) is 4.13. The van der Waals surface area contributed by atoms with Gasteiger partial charge in [-0.3, -0.25) is 5.41 Å². The van der Waals surface area contributed by atoms with E-state index in [0.29, 0.717) is 40.1 Å². The van der Waals surface area contributed by atoms with Crippen molar-refractivity contribution in [2.24, 2.45) is 17.2 Å². The summed E-state index contributed by atoms with van der Waals surface area (Å²) in [6, 6.07) is 18.0. The van der Waals surface area contributed by atoms with Gasteiger partial charge in [0, 0.05) is 11.1 Å². The predicted octanol–water partition coefficient (Wildman–Crippen LogP) is 3.67. The first kappa shape index (κ1) is 16.9. The number of nitrogens with one attached hydrogen (secondary N) is 1. The van der Waals surface area contributed by atoms with Crippen LogP contribution in [0.15, 0.2) is 73.9 Å². The fourth-order valence-electron chi connectivity index (χ4n) is 2.71. The summed E-state index contributed by atoms with van der Waals surface area (Å²) >= 11 is 0. The Hall–Kier alpha value is -3.55. The summed E-state index contributed by atoms with van der Waals surface area (Å²) in [5.41, 5.74) is 18.2. The Labute approximate surface area is 154 Å².